The Morgan fingerprint density at radius 2 is 2.04 bits per heavy atom. The maximum atomic E-state index is 12.0. The van der Waals surface area contributed by atoms with E-state index >= 15 is 0 Å². The zero-order valence-electron chi connectivity index (χ0n) is 14.1. The summed E-state index contributed by atoms with van der Waals surface area (Å²) < 4.78 is 6.47. The van der Waals surface area contributed by atoms with Crippen LogP contribution < -0.4 is 0 Å². The van der Waals surface area contributed by atoms with Crippen molar-refractivity contribution in [2.45, 2.75) is 26.0 Å². The molecule has 0 unspecified atom stereocenters. The number of rotatable bonds is 6. The van der Waals surface area contributed by atoms with Crippen LogP contribution in [0.1, 0.15) is 18.9 Å². The molecule has 1 aromatic heterocycles. The Morgan fingerprint density at radius 1 is 1.31 bits per heavy atom. The second-order valence-corrected chi connectivity index (χ2v) is 5.32. The molecule has 2 aromatic rings. The Kier molecular flexibility index (Phi) is 6.26. The Morgan fingerprint density at radius 3 is 2.65 bits per heavy atom. The Hall–Kier alpha value is -3.89. The van der Waals surface area contributed by atoms with Crippen LogP contribution in [0.15, 0.2) is 42.1 Å². The van der Waals surface area contributed by atoms with Crippen LogP contribution in [0.5, 0.6) is 0 Å². The number of carbonyl (C=O) groups excluding carboxylic acids is 1. The van der Waals surface area contributed by atoms with Gasteiger partial charge in [-0.05, 0) is 13.0 Å². The van der Waals surface area contributed by atoms with Gasteiger partial charge < -0.3 is 4.74 Å². The Bertz CT molecular complexity index is 939. The molecular weight excluding hydrogens is 330 g/mol. The number of aryl methyl sites for hydroxylation is 1. The van der Waals surface area contributed by atoms with Gasteiger partial charge in [-0.15, -0.1) is 0 Å². The fourth-order valence-electron chi connectivity index (χ4n) is 2.18. The summed E-state index contributed by atoms with van der Waals surface area (Å²) >= 11 is 0. The fourth-order valence-corrected chi connectivity index (χ4v) is 2.18. The van der Waals surface area contributed by atoms with E-state index in [9.17, 15) is 10.1 Å². The standard InChI is InChI=1S/C19H15N5O2/c1-14(11-21)26-19(25)16(12-22)10-17-13-24(9-5-8-20)23-18(17)15-6-3-2-4-7-15/h2-4,6-7,10,13-14H,5,9H2,1H3/b16-10+/t14-/m1/s1. The molecule has 128 valence electrons. The monoisotopic (exact) mass is 345 g/mol. The molecule has 2 rings (SSSR count). The number of hydrogen-bond acceptors (Lipinski definition) is 6. The van der Waals surface area contributed by atoms with Crippen molar-refractivity contribution in [2.24, 2.45) is 0 Å². The van der Waals surface area contributed by atoms with Gasteiger partial charge in [-0.3, -0.25) is 4.68 Å². The molecule has 0 saturated carbocycles. The van der Waals surface area contributed by atoms with Gasteiger partial charge in [-0.2, -0.15) is 20.9 Å². The molecule has 0 spiro atoms. The Labute approximate surface area is 151 Å². The minimum Gasteiger partial charge on any atom is -0.443 e. The zero-order chi connectivity index (χ0) is 18.9. The minimum absolute atomic E-state index is 0.232. The van der Waals surface area contributed by atoms with Gasteiger partial charge in [-0.25, -0.2) is 4.79 Å². The third-order valence-electron chi connectivity index (χ3n) is 3.40. The second kappa shape index (κ2) is 8.82. The van der Waals surface area contributed by atoms with Crippen LogP contribution in [0.4, 0.5) is 0 Å². The van der Waals surface area contributed by atoms with E-state index in [2.05, 4.69) is 5.10 Å². The Balaban J connectivity index is 2.44. The van der Waals surface area contributed by atoms with Gasteiger partial charge >= 0.3 is 5.97 Å². The molecular formula is C19H15N5O2. The van der Waals surface area contributed by atoms with Gasteiger partial charge in [0.05, 0.1) is 24.7 Å². The summed E-state index contributed by atoms with van der Waals surface area (Å²) in [6.07, 6.45) is 2.38. The van der Waals surface area contributed by atoms with E-state index in [0.29, 0.717) is 17.8 Å². The molecule has 7 heteroatoms. The van der Waals surface area contributed by atoms with Crippen LogP contribution in [-0.4, -0.2) is 21.9 Å². The second-order valence-electron chi connectivity index (χ2n) is 5.32. The summed E-state index contributed by atoms with van der Waals surface area (Å²) in [6.45, 7) is 1.81. The molecule has 0 saturated heterocycles. The number of nitriles is 3. The molecule has 7 nitrogen and oxygen atoms in total. The summed E-state index contributed by atoms with van der Waals surface area (Å²) in [4.78, 5) is 12.0. The van der Waals surface area contributed by atoms with Gasteiger partial charge in [0.25, 0.3) is 0 Å². The summed E-state index contributed by atoms with van der Waals surface area (Å²) in [5, 5.41) is 31.2. The van der Waals surface area contributed by atoms with Crippen LogP contribution >= 0.6 is 0 Å². The zero-order valence-corrected chi connectivity index (χ0v) is 14.1. The molecule has 1 atom stereocenters. The van der Waals surface area contributed by atoms with Crippen molar-refractivity contribution in [1.82, 2.24) is 9.78 Å². The highest BCUT2D eigenvalue weighted by Gasteiger charge is 2.17. The lowest BCUT2D eigenvalue weighted by Crippen LogP contribution is -2.14. The van der Waals surface area contributed by atoms with Crippen molar-refractivity contribution in [1.29, 1.82) is 15.8 Å². The van der Waals surface area contributed by atoms with Crippen LogP contribution in [0.25, 0.3) is 17.3 Å². The van der Waals surface area contributed by atoms with Crippen molar-refractivity contribution >= 4 is 12.0 Å². The number of esters is 1. The van der Waals surface area contributed by atoms with E-state index < -0.39 is 12.1 Å². The number of ether oxygens (including phenoxy) is 1. The molecule has 0 amide bonds. The molecule has 0 fully saturated rings. The van der Waals surface area contributed by atoms with Gasteiger partial charge in [0.2, 0.25) is 0 Å². The van der Waals surface area contributed by atoms with E-state index in [-0.39, 0.29) is 12.0 Å². The first-order valence-electron chi connectivity index (χ1n) is 7.81. The average Bonchev–Trinajstić information content (AvgIpc) is 3.07. The highest BCUT2D eigenvalue weighted by atomic mass is 16.5. The quantitative estimate of drug-likeness (QED) is 0.451. The third-order valence-corrected chi connectivity index (χ3v) is 3.40. The fraction of sp³-hybridized carbons (Fsp3) is 0.211. The van der Waals surface area contributed by atoms with Crippen molar-refractivity contribution in [3.8, 4) is 29.5 Å². The van der Waals surface area contributed by atoms with E-state index in [1.165, 1.54) is 13.0 Å². The first-order valence-corrected chi connectivity index (χ1v) is 7.81. The van der Waals surface area contributed by atoms with Crippen LogP contribution in [-0.2, 0) is 16.1 Å². The molecule has 1 aromatic carbocycles. The molecule has 0 aliphatic rings. The lowest BCUT2D eigenvalue weighted by molar-refractivity contribution is -0.140. The summed E-state index contributed by atoms with van der Waals surface area (Å²) in [5.74, 6) is -0.870. The minimum atomic E-state index is -0.953. The van der Waals surface area contributed by atoms with Crippen molar-refractivity contribution < 1.29 is 9.53 Å². The number of hydrogen-bond donors (Lipinski definition) is 0. The first kappa shape index (κ1) is 18.4. The van der Waals surface area contributed by atoms with Gasteiger partial charge in [0, 0.05) is 17.3 Å². The summed E-state index contributed by atoms with van der Waals surface area (Å²) in [7, 11) is 0. The van der Waals surface area contributed by atoms with Crippen molar-refractivity contribution in [2.75, 3.05) is 0 Å². The lowest BCUT2D eigenvalue weighted by atomic mass is 10.1. The topological polar surface area (TPSA) is 115 Å². The highest BCUT2D eigenvalue weighted by molar-refractivity contribution is 5.99. The average molecular weight is 345 g/mol. The van der Waals surface area contributed by atoms with Crippen LogP contribution in [0, 0.1) is 34.0 Å². The maximum Gasteiger partial charge on any atom is 0.350 e. The number of carbonyl (C=O) groups is 1. The van der Waals surface area contributed by atoms with Crippen LogP contribution in [0.3, 0.4) is 0 Å². The van der Waals surface area contributed by atoms with E-state index in [1.807, 2.05) is 36.4 Å². The molecule has 0 aliphatic carbocycles. The molecule has 0 bridgehead atoms. The SMILES string of the molecule is C[C@H](C#N)OC(=O)/C(C#N)=C/c1cn(CCC#N)nc1-c1ccccc1. The van der Waals surface area contributed by atoms with Gasteiger partial charge in [0.1, 0.15) is 17.7 Å². The number of nitrogens with zero attached hydrogens (tertiary/aromatic N) is 5. The molecule has 1 heterocycles. The van der Waals surface area contributed by atoms with Gasteiger partial charge in [0.15, 0.2) is 6.10 Å². The normalized spacial score (nSPS) is 11.7. The largest absolute Gasteiger partial charge is 0.443 e. The number of benzene rings is 1. The highest BCUT2D eigenvalue weighted by Crippen LogP contribution is 2.24. The van der Waals surface area contributed by atoms with Crippen molar-refractivity contribution in [3.05, 3.63) is 47.7 Å². The molecule has 0 aliphatic heterocycles. The third kappa shape index (κ3) is 4.56. The predicted molar refractivity (Wildman–Crippen MR) is 92.7 cm³/mol. The summed E-state index contributed by atoms with van der Waals surface area (Å²) in [5.41, 5.74) is 1.71. The van der Waals surface area contributed by atoms with E-state index in [4.69, 9.17) is 15.3 Å². The predicted octanol–water partition coefficient (Wildman–Crippen LogP) is 2.83. The summed E-state index contributed by atoms with van der Waals surface area (Å²) in [6, 6.07) is 14.9. The van der Waals surface area contributed by atoms with Crippen LogP contribution in [0.2, 0.25) is 0 Å². The van der Waals surface area contributed by atoms with E-state index in [0.717, 1.165) is 5.56 Å². The maximum absolute atomic E-state index is 12.0. The number of aromatic nitrogens is 2. The smallest absolute Gasteiger partial charge is 0.350 e. The molecule has 0 N–H and O–H groups in total. The lowest BCUT2D eigenvalue weighted by Gasteiger charge is -2.04. The first-order chi connectivity index (χ1) is 12.6. The van der Waals surface area contributed by atoms with Crippen molar-refractivity contribution in [3.63, 3.8) is 0 Å². The van der Waals surface area contributed by atoms with Gasteiger partial charge in [-0.1, -0.05) is 30.3 Å². The van der Waals surface area contributed by atoms with E-state index in [1.54, 1.807) is 23.0 Å². The molecule has 26 heavy (non-hydrogen) atoms. The molecule has 0 radical (unpaired) electrons.